The van der Waals surface area contributed by atoms with Gasteiger partial charge in [0.1, 0.15) is 10.3 Å². The van der Waals surface area contributed by atoms with Crippen LogP contribution < -0.4 is 5.32 Å². The van der Waals surface area contributed by atoms with Crippen molar-refractivity contribution < 1.29 is 4.79 Å². The van der Waals surface area contributed by atoms with Gasteiger partial charge in [0.05, 0.1) is 0 Å². The fourth-order valence-corrected chi connectivity index (χ4v) is 2.36. The van der Waals surface area contributed by atoms with Crippen molar-refractivity contribution in [3.8, 4) is 0 Å². The van der Waals surface area contributed by atoms with Crippen LogP contribution in [0.25, 0.3) is 0 Å². The molecule has 1 amide bonds. The van der Waals surface area contributed by atoms with Crippen molar-refractivity contribution in [2.45, 2.75) is 13.3 Å². The standard InChI is InChI=1S/C15H14Cl2N2O/c1-10-4-2-3-5-11(10)6-7-18-15(20)12-8-13(16)19-14(17)9-12/h2-5,8-9H,6-7H2,1H3,(H,18,20). The van der Waals surface area contributed by atoms with Crippen LogP contribution in [0.2, 0.25) is 10.3 Å². The van der Waals surface area contributed by atoms with E-state index < -0.39 is 0 Å². The highest BCUT2D eigenvalue weighted by Crippen LogP contribution is 2.14. The molecule has 0 radical (unpaired) electrons. The summed E-state index contributed by atoms with van der Waals surface area (Å²) in [6, 6.07) is 11.1. The number of nitrogens with one attached hydrogen (secondary N) is 1. The molecule has 0 unspecified atom stereocenters. The van der Waals surface area contributed by atoms with Crippen LogP contribution in [0.5, 0.6) is 0 Å². The van der Waals surface area contributed by atoms with E-state index in [9.17, 15) is 4.79 Å². The molecule has 0 bridgehead atoms. The van der Waals surface area contributed by atoms with E-state index in [0.717, 1.165) is 6.42 Å². The lowest BCUT2D eigenvalue weighted by Gasteiger charge is -2.08. The van der Waals surface area contributed by atoms with Gasteiger partial charge in [0.25, 0.3) is 5.91 Å². The smallest absolute Gasteiger partial charge is 0.251 e. The normalized spacial score (nSPS) is 10.3. The summed E-state index contributed by atoms with van der Waals surface area (Å²) in [5, 5.41) is 3.26. The van der Waals surface area contributed by atoms with E-state index in [4.69, 9.17) is 23.2 Å². The van der Waals surface area contributed by atoms with E-state index in [1.165, 1.54) is 23.3 Å². The van der Waals surface area contributed by atoms with Gasteiger partial charge >= 0.3 is 0 Å². The largest absolute Gasteiger partial charge is 0.352 e. The Labute approximate surface area is 127 Å². The molecule has 5 heteroatoms. The molecule has 1 heterocycles. The Bertz CT molecular complexity index is 609. The predicted octanol–water partition coefficient (Wildman–Crippen LogP) is 3.67. The number of aryl methyl sites for hydroxylation is 1. The fraction of sp³-hybridized carbons (Fsp3) is 0.200. The second kappa shape index (κ2) is 6.73. The molecule has 0 saturated carbocycles. The highest BCUT2D eigenvalue weighted by Gasteiger charge is 2.08. The summed E-state index contributed by atoms with van der Waals surface area (Å²) >= 11 is 11.5. The third kappa shape index (κ3) is 3.95. The summed E-state index contributed by atoms with van der Waals surface area (Å²) in [5.74, 6) is -0.204. The molecule has 20 heavy (non-hydrogen) atoms. The number of halogens is 2. The number of aromatic nitrogens is 1. The molecule has 2 aromatic rings. The van der Waals surface area contributed by atoms with E-state index in [0.29, 0.717) is 12.1 Å². The van der Waals surface area contributed by atoms with Gasteiger partial charge in [-0.05, 0) is 36.6 Å². The van der Waals surface area contributed by atoms with Crippen molar-refractivity contribution in [1.82, 2.24) is 10.3 Å². The summed E-state index contributed by atoms with van der Waals surface area (Å²) in [4.78, 5) is 15.8. The summed E-state index contributed by atoms with van der Waals surface area (Å²) in [6.07, 6.45) is 0.783. The zero-order valence-electron chi connectivity index (χ0n) is 11.0. The molecule has 0 atom stereocenters. The molecule has 2 rings (SSSR count). The van der Waals surface area contributed by atoms with Crippen molar-refractivity contribution in [3.05, 3.63) is 63.4 Å². The van der Waals surface area contributed by atoms with Crippen molar-refractivity contribution in [2.75, 3.05) is 6.54 Å². The van der Waals surface area contributed by atoms with Gasteiger partial charge in [0.2, 0.25) is 0 Å². The third-order valence-corrected chi connectivity index (χ3v) is 3.35. The monoisotopic (exact) mass is 308 g/mol. The van der Waals surface area contributed by atoms with Crippen LogP contribution in [0, 0.1) is 6.92 Å². The minimum absolute atomic E-state index is 0.204. The Morgan fingerprint density at radius 2 is 1.85 bits per heavy atom. The van der Waals surface area contributed by atoms with Crippen LogP contribution in [0.1, 0.15) is 21.5 Å². The minimum Gasteiger partial charge on any atom is -0.352 e. The Kier molecular flexibility index (Phi) is 4.99. The maximum absolute atomic E-state index is 12.0. The van der Waals surface area contributed by atoms with Gasteiger partial charge in [-0.15, -0.1) is 0 Å². The van der Waals surface area contributed by atoms with E-state index in [-0.39, 0.29) is 16.2 Å². The quantitative estimate of drug-likeness (QED) is 0.876. The van der Waals surface area contributed by atoms with Crippen LogP contribution in [0.15, 0.2) is 36.4 Å². The first-order chi connectivity index (χ1) is 9.56. The number of pyridine rings is 1. The Morgan fingerprint density at radius 3 is 2.50 bits per heavy atom. The summed E-state index contributed by atoms with van der Waals surface area (Å²) in [7, 11) is 0. The van der Waals surface area contributed by atoms with Crippen molar-refractivity contribution >= 4 is 29.1 Å². The average molecular weight is 309 g/mol. The first-order valence-electron chi connectivity index (χ1n) is 6.22. The van der Waals surface area contributed by atoms with Crippen LogP contribution in [-0.2, 0) is 6.42 Å². The first kappa shape index (κ1) is 14.8. The predicted molar refractivity (Wildman–Crippen MR) is 81.5 cm³/mol. The van der Waals surface area contributed by atoms with Crippen molar-refractivity contribution in [2.24, 2.45) is 0 Å². The Morgan fingerprint density at radius 1 is 1.20 bits per heavy atom. The van der Waals surface area contributed by atoms with Crippen molar-refractivity contribution in [3.63, 3.8) is 0 Å². The maximum atomic E-state index is 12.0. The summed E-state index contributed by atoms with van der Waals surface area (Å²) in [6.45, 7) is 2.61. The number of amides is 1. The van der Waals surface area contributed by atoms with Gasteiger partial charge in [-0.2, -0.15) is 0 Å². The number of benzene rings is 1. The molecular formula is C15H14Cl2N2O. The van der Waals surface area contributed by atoms with Gasteiger partial charge in [-0.25, -0.2) is 4.98 Å². The van der Waals surface area contributed by atoms with Gasteiger partial charge in [-0.3, -0.25) is 4.79 Å². The average Bonchev–Trinajstić information content (AvgIpc) is 2.39. The molecule has 0 aliphatic heterocycles. The number of carbonyl (C=O) groups excluding carboxylic acids is 1. The lowest BCUT2D eigenvalue weighted by atomic mass is 10.1. The first-order valence-corrected chi connectivity index (χ1v) is 6.97. The van der Waals surface area contributed by atoms with E-state index >= 15 is 0 Å². The maximum Gasteiger partial charge on any atom is 0.251 e. The van der Waals surface area contributed by atoms with Crippen LogP contribution in [0.4, 0.5) is 0 Å². The lowest BCUT2D eigenvalue weighted by molar-refractivity contribution is 0.0954. The van der Waals surface area contributed by atoms with Gasteiger partial charge < -0.3 is 5.32 Å². The lowest BCUT2D eigenvalue weighted by Crippen LogP contribution is -2.25. The zero-order chi connectivity index (χ0) is 14.5. The van der Waals surface area contributed by atoms with Crippen LogP contribution >= 0.6 is 23.2 Å². The van der Waals surface area contributed by atoms with E-state index in [1.807, 2.05) is 12.1 Å². The highest BCUT2D eigenvalue weighted by molar-refractivity contribution is 6.33. The minimum atomic E-state index is -0.204. The molecule has 1 aromatic heterocycles. The van der Waals surface area contributed by atoms with Gasteiger partial charge in [-0.1, -0.05) is 47.5 Å². The number of carbonyl (C=O) groups is 1. The van der Waals surface area contributed by atoms with E-state index in [1.54, 1.807) is 0 Å². The number of hydrogen-bond acceptors (Lipinski definition) is 2. The molecule has 1 aromatic carbocycles. The van der Waals surface area contributed by atoms with Crippen molar-refractivity contribution in [1.29, 1.82) is 0 Å². The van der Waals surface area contributed by atoms with Gasteiger partial charge in [0, 0.05) is 12.1 Å². The number of hydrogen-bond donors (Lipinski definition) is 1. The summed E-state index contributed by atoms with van der Waals surface area (Å²) in [5.41, 5.74) is 2.86. The van der Waals surface area contributed by atoms with E-state index in [2.05, 4.69) is 29.4 Å². The second-order valence-corrected chi connectivity index (χ2v) is 5.21. The van der Waals surface area contributed by atoms with Crippen LogP contribution in [0.3, 0.4) is 0 Å². The number of nitrogens with zero attached hydrogens (tertiary/aromatic N) is 1. The zero-order valence-corrected chi connectivity index (χ0v) is 12.5. The Hall–Kier alpha value is -1.58. The second-order valence-electron chi connectivity index (χ2n) is 4.43. The fourth-order valence-electron chi connectivity index (χ4n) is 1.90. The molecule has 1 N–H and O–H groups in total. The molecule has 0 fully saturated rings. The Balaban J connectivity index is 1.94. The topological polar surface area (TPSA) is 42.0 Å². The highest BCUT2D eigenvalue weighted by atomic mass is 35.5. The third-order valence-electron chi connectivity index (χ3n) is 2.97. The van der Waals surface area contributed by atoms with Gasteiger partial charge in [0.15, 0.2) is 0 Å². The molecule has 0 aliphatic rings. The summed E-state index contributed by atoms with van der Waals surface area (Å²) < 4.78 is 0. The molecule has 104 valence electrons. The molecule has 3 nitrogen and oxygen atoms in total. The molecule has 0 saturated heterocycles. The SMILES string of the molecule is Cc1ccccc1CCNC(=O)c1cc(Cl)nc(Cl)c1. The molecular weight excluding hydrogens is 295 g/mol. The molecule has 0 spiro atoms. The number of rotatable bonds is 4. The van der Waals surface area contributed by atoms with Crippen LogP contribution in [-0.4, -0.2) is 17.4 Å². The molecule has 0 aliphatic carbocycles.